The van der Waals surface area contributed by atoms with Gasteiger partial charge < -0.3 is 11.1 Å². The Bertz CT molecular complexity index is 643. The molecule has 128 valence electrons. The average molecular weight is 326 g/mol. The van der Waals surface area contributed by atoms with Gasteiger partial charge in [-0.05, 0) is 38.0 Å². The molecule has 0 spiro atoms. The average Bonchev–Trinajstić information content (AvgIpc) is 2.56. The zero-order valence-electron chi connectivity index (χ0n) is 14.6. The molecule has 0 heterocycles. The highest BCUT2D eigenvalue weighted by atomic mass is 16.1. The van der Waals surface area contributed by atoms with Crippen LogP contribution in [-0.2, 0) is 4.79 Å². The number of nitrogens with zero attached hydrogens (tertiary/aromatic N) is 2. The first-order chi connectivity index (χ1) is 11.6. The van der Waals surface area contributed by atoms with Crippen LogP contribution in [0, 0.1) is 0 Å². The lowest BCUT2D eigenvalue weighted by molar-refractivity contribution is -0.110. The second kappa shape index (κ2) is 10.9. The van der Waals surface area contributed by atoms with E-state index in [9.17, 15) is 4.79 Å². The van der Waals surface area contributed by atoms with Crippen molar-refractivity contribution in [3.8, 4) is 0 Å². The van der Waals surface area contributed by atoms with E-state index in [0.29, 0.717) is 18.8 Å². The van der Waals surface area contributed by atoms with Gasteiger partial charge in [0.25, 0.3) is 5.91 Å². The first kappa shape index (κ1) is 19.4. The van der Waals surface area contributed by atoms with Gasteiger partial charge in [0.2, 0.25) is 0 Å². The van der Waals surface area contributed by atoms with Crippen LogP contribution >= 0.6 is 0 Å². The maximum Gasteiger partial charge on any atom is 0.277 e. The number of hydrogen-bond donors (Lipinski definition) is 2. The third-order valence-electron chi connectivity index (χ3n) is 3.08. The molecule has 1 aromatic carbocycles. The van der Waals surface area contributed by atoms with Crippen molar-refractivity contribution in [3.05, 3.63) is 54.1 Å². The lowest BCUT2D eigenvalue weighted by atomic mass is 10.2. The van der Waals surface area contributed by atoms with E-state index in [0.717, 1.165) is 12.0 Å². The monoisotopic (exact) mass is 326 g/mol. The van der Waals surface area contributed by atoms with Gasteiger partial charge in [-0.2, -0.15) is 0 Å². The number of amidine groups is 1. The van der Waals surface area contributed by atoms with Gasteiger partial charge in [-0.3, -0.25) is 14.8 Å². The number of nitrogens with two attached hydrogens (primary N) is 1. The molecule has 0 fully saturated rings. The molecule has 0 saturated carbocycles. The fraction of sp³-hybridized carbons (Fsp3) is 0.316. The van der Waals surface area contributed by atoms with Gasteiger partial charge in [0.05, 0.1) is 6.54 Å². The summed E-state index contributed by atoms with van der Waals surface area (Å²) in [5.41, 5.74) is 7.83. The summed E-state index contributed by atoms with van der Waals surface area (Å²) >= 11 is 0. The number of hydrogen-bond acceptors (Lipinski definition) is 3. The molecule has 24 heavy (non-hydrogen) atoms. The lowest BCUT2D eigenvalue weighted by Gasteiger charge is -2.08. The molecule has 0 atom stereocenters. The highest BCUT2D eigenvalue weighted by Crippen LogP contribution is 2.06. The van der Waals surface area contributed by atoms with Crippen LogP contribution < -0.4 is 11.1 Å². The minimum atomic E-state index is -0.354. The smallest absolute Gasteiger partial charge is 0.277 e. The molecule has 1 amide bonds. The van der Waals surface area contributed by atoms with Crippen LogP contribution in [0.15, 0.2) is 64.1 Å². The first-order valence-corrected chi connectivity index (χ1v) is 8.15. The number of carbonyl (C=O) groups is 1. The molecule has 1 rings (SSSR count). The highest BCUT2D eigenvalue weighted by molar-refractivity contribution is 6.68. The summed E-state index contributed by atoms with van der Waals surface area (Å²) in [6, 6.07) is 9.21. The number of carbonyl (C=O) groups excluding carboxylic acids is 1. The Morgan fingerprint density at radius 1 is 1.21 bits per heavy atom. The Morgan fingerprint density at radius 2 is 1.92 bits per heavy atom. The molecule has 0 unspecified atom stereocenters. The van der Waals surface area contributed by atoms with Gasteiger partial charge in [0.15, 0.2) is 5.71 Å². The molecule has 5 nitrogen and oxygen atoms in total. The molecule has 1 aromatic rings. The van der Waals surface area contributed by atoms with Crippen LogP contribution in [0.1, 0.15) is 27.2 Å². The first-order valence-electron chi connectivity index (χ1n) is 8.15. The fourth-order valence-electron chi connectivity index (χ4n) is 2.06. The lowest BCUT2D eigenvalue weighted by Crippen LogP contribution is -2.35. The Balaban J connectivity index is 3.03. The maximum atomic E-state index is 12.5. The zero-order valence-corrected chi connectivity index (χ0v) is 14.6. The molecular formula is C19H26N4O. The maximum absolute atomic E-state index is 12.5. The number of para-hydroxylation sites is 1. The third-order valence-corrected chi connectivity index (χ3v) is 3.08. The number of anilines is 1. The van der Waals surface area contributed by atoms with Crippen molar-refractivity contribution in [1.82, 2.24) is 0 Å². The van der Waals surface area contributed by atoms with Crippen LogP contribution in [0.2, 0.25) is 0 Å². The van der Waals surface area contributed by atoms with Gasteiger partial charge in [-0.1, -0.05) is 43.4 Å². The van der Waals surface area contributed by atoms with Gasteiger partial charge in [-0.15, -0.1) is 0 Å². The number of aliphatic imine (C=N–C) groups is 2. The molecular weight excluding hydrogens is 300 g/mol. The summed E-state index contributed by atoms with van der Waals surface area (Å²) in [6.07, 6.45) is 6.90. The van der Waals surface area contributed by atoms with Crippen molar-refractivity contribution in [2.75, 3.05) is 18.4 Å². The molecule has 0 aliphatic heterocycles. The van der Waals surface area contributed by atoms with Crippen LogP contribution in [0.5, 0.6) is 0 Å². The van der Waals surface area contributed by atoms with Crippen molar-refractivity contribution in [3.63, 3.8) is 0 Å². The predicted octanol–water partition coefficient (Wildman–Crippen LogP) is 3.36. The molecule has 0 radical (unpaired) electrons. The number of nitrogens with one attached hydrogen (secondary N) is 1. The van der Waals surface area contributed by atoms with Crippen LogP contribution in [0.25, 0.3) is 0 Å². The van der Waals surface area contributed by atoms with Crippen molar-refractivity contribution >= 4 is 23.1 Å². The van der Waals surface area contributed by atoms with Crippen molar-refractivity contribution in [1.29, 1.82) is 0 Å². The number of allylic oxidation sites excluding steroid dienone is 2. The van der Waals surface area contributed by atoms with Crippen molar-refractivity contribution in [2.45, 2.75) is 27.2 Å². The van der Waals surface area contributed by atoms with Crippen LogP contribution in [0.3, 0.4) is 0 Å². The molecule has 5 heteroatoms. The molecule has 0 aromatic heterocycles. The zero-order chi connectivity index (χ0) is 17.8. The summed E-state index contributed by atoms with van der Waals surface area (Å²) in [4.78, 5) is 21.0. The van der Waals surface area contributed by atoms with Gasteiger partial charge in [-0.25, -0.2) is 0 Å². The van der Waals surface area contributed by atoms with Gasteiger partial charge in [0, 0.05) is 12.2 Å². The highest BCUT2D eigenvalue weighted by Gasteiger charge is 2.15. The summed E-state index contributed by atoms with van der Waals surface area (Å²) < 4.78 is 0. The van der Waals surface area contributed by atoms with E-state index >= 15 is 0 Å². The van der Waals surface area contributed by atoms with Crippen LogP contribution in [-0.4, -0.2) is 30.5 Å². The Kier molecular flexibility index (Phi) is 8.82. The molecule has 3 N–H and O–H groups in total. The van der Waals surface area contributed by atoms with E-state index in [1.807, 2.05) is 56.3 Å². The number of amides is 1. The van der Waals surface area contributed by atoms with E-state index in [4.69, 9.17) is 5.73 Å². The predicted molar refractivity (Wildman–Crippen MR) is 103 cm³/mol. The summed E-state index contributed by atoms with van der Waals surface area (Å²) in [5, 5.41) is 2.80. The van der Waals surface area contributed by atoms with Crippen LogP contribution in [0.4, 0.5) is 5.69 Å². The second-order valence-electron chi connectivity index (χ2n) is 5.03. The fourth-order valence-corrected chi connectivity index (χ4v) is 2.06. The summed E-state index contributed by atoms with van der Waals surface area (Å²) in [6.45, 7) is 6.75. The number of benzene rings is 1. The van der Waals surface area contributed by atoms with E-state index < -0.39 is 0 Å². The van der Waals surface area contributed by atoms with E-state index in [-0.39, 0.29) is 17.5 Å². The third kappa shape index (κ3) is 6.60. The van der Waals surface area contributed by atoms with E-state index in [1.54, 1.807) is 0 Å². The topological polar surface area (TPSA) is 79.8 Å². The molecule has 0 bridgehead atoms. The Labute approximate surface area is 144 Å². The quantitative estimate of drug-likeness (QED) is 0.436. The van der Waals surface area contributed by atoms with Crippen molar-refractivity contribution in [2.24, 2.45) is 15.7 Å². The summed E-state index contributed by atoms with van der Waals surface area (Å²) in [7, 11) is 0. The Morgan fingerprint density at radius 3 is 2.50 bits per heavy atom. The molecule has 0 aliphatic rings. The van der Waals surface area contributed by atoms with E-state index in [1.165, 1.54) is 0 Å². The van der Waals surface area contributed by atoms with Crippen molar-refractivity contribution < 1.29 is 4.79 Å². The molecule has 0 aliphatic carbocycles. The largest absolute Gasteiger partial charge is 0.382 e. The molecule has 0 saturated heterocycles. The van der Waals surface area contributed by atoms with E-state index in [2.05, 4.69) is 28.3 Å². The number of rotatable bonds is 8. The Hall–Kier alpha value is -2.69. The SMILES string of the molecule is C/C=C\C(=C/CC)C/N=C(C(=O)Nc1ccccc1)\C(N)=N/CC. The summed E-state index contributed by atoms with van der Waals surface area (Å²) in [5.74, 6) is -0.200. The minimum absolute atomic E-state index is 0.155. The second-order valence-corrected chi connectivity index (χ2v) is 5.03. The standard InChI is InChI=1S/C19H26N4O/c1-4-10-15(11-5-2)14-22-17(18(20)21-6-3)19(24)23-16-12-8-7-9-13-16/h4,7-13H,5-6,14H2,1-3H3,(H2,20,21)(H,23,24)/b10-4-,15-11+,22-17+. The van der Waals surface area contributed by atoms with Gasteiger partial charge in [0.1, 0.15) is 5.84 Å². The minimum Gasteiger partial charge on any atom is -0.382 e. The van der Waals surface area contributed by atoms with Gasteiger partial charge >= 0.3 is 0 Å². The normalized spacial score (nSPS) is 13.4.